The van der Waals surface area contributed by atoms with Gasteiger partial charge in [0.05, 0.1) is 0 Å². The molecular weight excluding hydrogens is 248 g/mol. The minimum Gasteiger partial charge on any atom is -0.479 e. The van der Waals surface area contributed by atoms with E-state index in [2.05, 4.69) is 13.8 Å². The van der Waals surface area contributed by atoms with Gasteiger partial charge in [0.2, 0.25) is 0 Å². The minimum absolute atomic E-state index is 0.390. The van der Waals surface area contributed by atoms with E-state index in [4.69, 9.17) is 0 Å². The van der Waals surface area contributed by atoms with Crippen molar-refractivity contribution in [3.63, 3.8) is 0 Å². The molecule has 0 spiro atoms. The Morgan fingerprint density at radius 3 is 2.00 bits per heavy atom. The van der Waals surface area contributed by atoms with Crippen molar-refractivity contribution in [2.24, 2.45) is 5.92 Å². The molecule has 4 heteroatoms. The lowest BCUT2D eigenvalue weighted by Gasteiger charge is -2.28. The van der Waals surface area contributed by atoms with Crippen LogP contribution in [0.3, 0.4) is 0 Å². The number of carboxylic acids is 1. The highest BCUT2D eigenvalue weighted by atomic mass is 32.2. The van der Waals surface area contributed by atoms with Gasteiger partial charge in [-0.2, -0.15) is 0 Å². The van der Waals surface area contributed by atoms with Crippen LogP contribution in [-0.2, 0) is 10.4 Å². The minimum atomic E-state index is -1.82. The molecule has 18 heavy (non-hydrogen) atoms. The molecule has 1 aromatic carbocycles. The quantitative estimate of drug-likeness (QED) is 0.806. The molecule has 0 aliphatic heterocycles. The smallest absolute Gasteiger partial charge is 0.340 e. The molecule has 100 valence electrons. The highest BCUT2D eigenvalue weighted by Gasteiger charge is 2.41. The normalized spacial score (nSPS) is 14.8. The predicted octanol–water partition coefficient (Wildman–Crippen LogP) is 3.12. The summed E-state index contributed by atoms with van der Waals surface area (Å²) in [6, 6.07) is 7.10. The number of hydrogen-bond donors (Lipinski definition) is 2. The molecule has 0 bridgehead atoms. The van der Waals surface area contributed by atoms with E-state index < -0.39 is 17.5 Å². The van der Waals surface area contributed by atoms with Crippen molar-refractivity contribution in [3.8, 4) is 0 Å². The average molecular weight is 268 g/mol. The second kappa shape index (κ2) is 5.76. The average Bonchev–Trinajstić information content (AvgIpc) is 2.27. The molecule has 1 aromatic rings. The molecule has 0 heterocycles. The molecule has 1 atom stereocenters. The van der Waals surface area contributed by atoms with Crippen LogP contribution in [0.1, 0.15) is 33.3 Å². The van der Waals surface area contributed by atoms with E-state index in [1.165, 1.54) is 0 Å². The van der Waals surface area contributed by atoms with E-state index in [-0.39, 0.29) is 0 Å². The van der Waals surface area contributed by atoms with Crippen LogP contribution in [0.25, 0.3) is 0 Å². The Labute approximate surface area is 112 Å². The summed E-state index contributed by atoms with van der Waals surface area (Å²) in [6.07, 6.45) is 0. The van der Waals surface area contributed by atoms with Crippen molar-refractivity contribution >= 4 is 17.7 Å². The van der Waals surface area contributed by atoms with Gasteiger partial charge >= 0.3 is 5.97 Å². The highest BCUT2D eigenvalue weighted by Crippen LogP contribution is 2.32. The molecule has 0 radical (unpaired) electrons. The molecule has 1 rings (SSSR count). The third-order valence-electron chi connectivity index (χ3n) is 2.83. The topological polar surface area (TPSA) is 57.5 Å². The Morgan fingerprint density at radius 1 is 1.17 bits per heavy atom. The lowest BCUT2D eigenvalue weighted by Crippen LogP contribution is -2.40. The Morgan fingerprint density at radius 2 is 1.67 bits per heavy atom. The zero-order chi connectivity index (χ0) is 13.9. The van der Waals surface area contributed by atoms with Gasteiger partial charge in [-0.3, -0.25) is 0 Å². The van der Waals surface area contributed by atoms with Gasteiger partial charge in [0, 0.05) is 10.1 Å². The van der Waals surface area contributed by atoms with Gasteiger partial charge in [0.1, 0.15) is 0 Å². The van der Waals surface area contributed by atoms with Crippen molar-refractivity contribution in [2.45, 2.75) is 43.4 Å². The maximum Gasteiger partial charge on any atom is 0.340 e. The Kier molecular flexibility index (Phi) is 4.82. The van der Waals surface area contributed by atoms with Crippen molar-refractivity contribution in [3.05, 3.63) is 29.8 Å². The molecule has 0 saturated carbocycles. The first-order valence-electron chi connectivity index (χ1n) is 6.01. The van der Waals surface area contributed by atoms with Crippen molar-refractivity contribution in [1.29, 1.82) is 0 Å². The third-order valence-corrected chi connectivity index (χ3v) is 3.84. The number of aliphatic hydroxyl groups is 1. The largest absolute Gasteiger partial charge is 0.479 e. The number of rotatable bonds is 5. The fraction of sp³-hybridized carbons (Fsp3) is 0.500. The van der Waals surface area contributed by atoms with Crippen LogP contribution in [0.5, 0.6) is 0 Å². The number of benzene rings is 1. The highest BCUT2D eigenvalue weighted by molar-refractivity contribution is 7.99. The van der Waals surface area contributed by atoms with Crippen LogP contribution in [-0.4, -0.2) is 21.4 Å². The van der Waals surface area contributed by atoms with Crippen molar-refractivity contribution in [1.82, 2.24) is 0 Å². The van der Waals surface area contributed by atoms with E-state index in [0.717, 1.165) is 4.90 Å². The molecule has 2 N–H and O–H groups in total. The van der Waals surface area contributed by atoms with Gasteiger partial charge < -0.3 is 10.2 Å². The van der Waals surface area contributed by atoms with Crippen LogP contribution in [0.2, 0.25) is 0 Å². The lowest BCUT2D eigenvalue weighted by molar-refractivity contribution is -0.165. The summed E-state index contributed by atoms with van der Waals surface area (Å²) < 4.78 is 0. The van der Waals surface area contributed by atoms with Gasteiger partial charge in [0.15, 0.2) is 5.60 Å². The van der Waals surface area contributed by atoms with Crippen molar-refractivity contribution < 1.29 is 15.0 Å². The molecule has 0 fully saturated rings. The Hall–Kier alpha value is -1.00. The van der Waals surface area contributed by atoms with Crippen molar-refractivity contribution in [2.75, 3.05) is 0 Å². The van der Waals surface area contributed by atoms with E-state index >= 15 is 0 Å². The summed E-state index contributed by atoms with van der Waals surface area (Å²) in [6.45, 7) is 7.59. The number of hydrogen-bond acceptors (Lipinski definition) is 3. The van der Waals surface area contributed by atoms with Gasteiger partial charge in [-0.1, -0.05) is 39.8 Å². The number of aliphatic carboxylic acids is 1. The number of thioether (sulfide) groups is 1. The predicted molar refractivity (Wildman–Crippen MR) is 73.8 cm³/mol. The van der Waals surface area contributed by atoms with Gasteiger partial charge in [-0.05, 0) is 23.6 Å². The lowest BCUT2D eigenvalue weighted by atomic mass is 9.83. The fourth-order valence-corrected chi connectivity index (χ4v) is 2.60. The number of carbonyl (C=O) groups is 1. The van der Waals surface area contributed by atoms with Crippen LogP contribution >= 0.6 is 11.8 Å². The molecule has 3 nitrogen and oxygen atoms in total. The first-order valence-corrected chi connectivity index (χ1v) is 6.89. The summed E-state index contributed by atoms with van der Waals surface area (Å²) in [7, 11) is 0. The first kappa shape index (κ1) is 15.1. The SMILES string of the molecule is CC(C)Sc1ccc(C(O)(C(=O)O)C(C)C)cc1. The zero-order valence-corrected chi connectivity index (χ0v) is 12.0. The van der Waals surface area contributed by atoms with Gasteiger partial charge in [-0.15, -0.1) is 11.8 Å². The maximum absolute atomic E-state index is 11.3. The summed E-state index contributed by atoms with van der Waals surface area (Å²) in [5.41, 5.74) is -1.39. The van der Waals surface area contributed by atoms with E-state index in [1.807, 2.05) is 12.1 Å². The molecule has 1 unspecified atom stereocenters. The standard InChI is InChI=1S/C14H20O3S/c1-9(2)14(17,13(15)16)11-5-7-12(8-6-11)18-10(3)4/h5-10,17H,1-4H3,(H,15,16). The van der Waals surface area contributed by atoms with E-state index in [0.29, 0.717) is 10.8 Å². The third kappa shape index (κ3) is 3.06. The van der Waals surface area contributed by atoms with Crippen LogP contribution in [0.4, 0.5) is 0 Å². The van der Waals surface area contributed by atoms with Gasteiger partial charge in [-0.25, -0.2) is 4.79 Å². The molecule has 0 aromatic heterocycles. The summed E-state index contributed by atoms with van der Waals surface area (Å²) in [4.78, 5) is 12.3. The molecule has 0 amide bonds. The second-order valence-corrected chi connectivity index (χ2v) is 6.57. The first-order chi connectivity index (χ1) is 8.28. The second-order valence-electron chi connectivity index (χ2n) is 4.92. The van der Waals surface area contributed by atoms with Gasteiger partial charge in [0.25, 0.3) is 0 Å². The Balaban J connectivity index is 3.06. The van der Waals surface area contributed by atoms with Crippen LogP contribution in [0.15, 0.2) is 29.2 Å². The number of carboxylic acid groups (broad SMARTS) is 1. The molecule has 0 saturated heterocycles. The Bertz CT molecular complexity index is 412. The zero-order valence-electron chi connectivity index (χ0n) is 11.2. The maximum atomic E-state index is 11.3. The molecular formula is C14H20O3S. The van der Waals surface area contributed by atoms with Crippen LogP contribution < -0.4 is 0 Å². The fourth-order valence-electron chi connectivity index (χ4n) is 1.76. The van der Waals surface area contributed by atoms with Crippen LogP contribution in [0, 0.1) is 5.92 Å². The van der Waals surface area contributed by atoms with E-state index in [1.54, 1.807) is 37.7 Å². The monoisotopic (exact) mass is 268 g/mol. The van der Waals surface area contributed by atoms with E-state index in [9.17, 15) is 15.0 Å². The molecule has 0 aliphatic carbocycles. The molecule has 0 aliphatic rings. The summed E-state index contributed by atoms with van der Waals surface area (Å²) in [5.74, 6) is -1.60. The summed E-state index contributed by atoms with van der Waals surface area (Å²) >= 11 is 1.71. The summed E-state index contributed by atoms with van der Waals surface area (Å²) in [5, 5.41) is 20.0.